The summed E-state index contributed by atoms with van der Waals surface area (Å²) in [6.07, 6.45) is 6.58. The summed E-state index contributed by atoms with van der Waals surface area (Å²) in [5.74, 6) is 0.202. The molecule has 6 heteroatoms. The highest BCUT2D eigenvalue weighted by atomic mass is 16.5. The summed E-state index contributed by atoms with van der Waals surface area (Å²) in [4.78, 5) is 15.1. The van der Waals surface area contributed by atoms with Crippen molar-refractivity contribution < 1.29 is 9.84 Å². The maximum absolute atomic E-state index is 11.5. The van der Waals surface area contributed by atoms with Crippen LogP contribution >= 0.6 is 0 Å². The summed E-state index contributed by atoms with van der Waals surface area (Å²) in [7, 11) is 0. The number of anilines is 1. The third-order valence-corrected chi connectivity index (χ3v) is 3.16. The normalized spacial score (nSPS) is 19.7. The topological polar surface area (TPSA) is 90.4 Å². The minimum absolute atomic E-state index is 0.0202. The number of nitrogens with zero attached hydrogens (tertiary/aromatic N) is 2. The Morgan fingerprint density at radius 3 is 2.41 bits per heavy atom. The van der Waals surface area contributed by atoms with Crippen LogP contribution < -0.4 is 11.4 Å². The van der Waals surface area contributed by atoms with Crippen LogP contribution in [0.5, 0.6) is 0 Å². The number of hydrogen-bond donors (Lipinski definition) is 2. The number of unbranched alkanes of at least 4 members (excludes halogenated alkanes) is 2. The Bertz CT molecular complexity index is 447. The van der Waals surface area contributed by atoms with Crippen LogP contribution in [0.25, 0.3) is 0 Å². The molecule has 0 spiro atoms. The molecule has 2 unspecified atom stereocenters. The van der Waals surface area contributed by atoms with E-state index in [9.17, 15) is 4.79 Å². The van der Waals surface area contributed by atoms with E-state index in [-0.39, 0.29) is 24.8 Å². The van der Waals surface area contributed by atoms with Crippen LogP contribution in [0.4, 0.5) is 5.82 Å². The van der Waals surface area contributed by atoms with E-state index in [2.05, 4.69) is 18.8 Å². The number of nitrogen functional groups attached to an aromatic ring is 1. The van der Waals surface area contributed by atoms with E-state index in [0.717, 1.165) is 6.42 Å². The minimum atomic E-state index is -0.418. The largest absolute Gasteiger partial charge is 0.394 e. The average Bonchev–Trinajstić information content (AvgIpc) is 2.99. The van der Waals surface area contributed by atoms with Gasteiger partial charge in [-0.15, -0.1) is 0 Å². The van der Waals surface area contributed by atoms with E-state index in [4.69, 9.17) is 15.6 Å². The van der Waals surface area contributed by atoms with Gasteiger partial charge in [0.05, 0.1) is 12.7 Å². The lowest BCUT2D eigenvalue weighted by molar-refractivity contribution is -0.0245. The van der Waals surface area contributed by atoms with Crippen LogP contribution in [0, 0.1) is 0 Å². The Kier molecular flexibility index (Phi) is 11.4. The van der Waals surface area contributed by atoms with E-state index in [1.807, 2.05) is 13.8 Å². The molecule has 2 atom stereocenters. The summed E-state index contributed by atoms with van der Waals surface area (Å²) in [5.41, 5.74) is 4.96. The van der Waals surface area contributed by atoms with Crippen LogP contribution in [0.15, 0.2) is 17.1 Å². The SMILES string of the molecule is CC.CCCCC.Nc1ccn(C2CCC(CO)O2)c(=O)n1. The van der Waals surface area contributed by atoms with Crippen molar-refractivity contribution in [3.63, 3.8) is 0 Å². The molecule has 1 fully saturated rings. The van der Waals surface area contributed by atoms with Crippen molar-refractivity contribution in [2.75, 3.05) is 12.3 Å². The molecule has 3 N–H and O–H groups in total. The van der Waals surface area contributed by atoms with E-state index in [1.54, 1.807) is 12.3 Å². The molecule has 0 bridgehead atoms. The molecule has 0 aliphatic carbocycles. The fraction of sp³-hybridized carbons (Fsp3) is 0.750. The van der Waals surface area contributed by atoms with Crippen LogP contribution in [0.3, 0.4) is 0 Å². The van der Waals surface area contributed by atoms with E-state index < -0.39 is 5.69 Å². The number of rotatable bonds is 4. The molecule has 1 saturated heterocycles. The zero-order valence-electron chi connectivity index (χ0n) is 14.3. The maximum atomic E-state index is 11.5. The monoisotopic (exact) mass is 313 g/mol. The highest BCUT2D eigenvalue weighted by Gasteiger charge is 2.26. The minimum Gasteiger partial charge on any atom is -0.394 e. The zero-order chi connectivity index (χ0) is 17.0. The molecule has 1 aliphatic rings. The predicted molar refractivity (Wildman–Crippen MR) is 89.7 cm³/mol. The molecule has 22 heavy (non-hydrogen) atoms. The predicted octanol–water partition coefficient (Wildman–Crippen LogP) is 2.72. The third kappa shape index (κ3) is 7.04. The molecule has 2 rings (SSSR count). The lowest BCUT2D eigenvalue weighted by atomic mass is 10.2. The molecule has 0 aromatic carbocycles. The van der Waals surface area contributed by atoms with Crippen LogP contribution in [0.1, 0.15) is 66.0 Å². The van der Waals surface area contributed by atoms with Crippen LogP contribution in [-0.4, -0.2) is 27.4 Å². The number of aliphatic hydroxyl groups is 1. The van der Waals surface area contributed by atoms with Gasteiger partial charge in [0.2, 0.25) is 0 Å². The molecule has 2 heterocycles. The summed E-state index contributed by atoms with van der Waals surface area (Å²) < 4.78 is 6.84. The lowest BCUT2D eigenvalue weighted by Crippen LogP contribution is -2.27. The Hall–Kier alpha value is -1.40. The van der Waals surface area contributed by atoms with Gasteiger partial charge in [-0.3, -0.25) is 4.57 Å². The molecule has 1 aromatic rings. The molecule has 0 saturated carbocycles. The quantitative estimate of drug-likeness (QED) is 0.892. The van der Waals surface area contributed by atoms with Crippen molar-refractivity contribution in [1.82, 2.24) is 9.55 Å². The molecule has 1 aliphatic heterocycles. The second kappa shape index (κ2) is 12.2. The van der Waals surface area contributed by atoms with E-state index >= 15 is 0 Å². The molecule has 1 aromatic heterocycles. The maximum Gasteiger partial charge on any atom is 0.351 e. The molecule has 0 amide bonds. The Balaban J connectivity index is 0.000000540. The van der Waals surface area contributed by atoms with Gasteiger partial charge in [-0.05, 0) is 18.9 Å². The van der Waals surface area contributed by atoms with Gasteiger partial charge in [0.15, 0.2) is 0 Å². The lowest BCUT2D eigenvalue weighted by Gasteiger charge is -2.14. The van der Waals surface area contributed by atoms with Gasteiger partial charge in [-0.1, -0.05) is 47.0 Å². The second-order valence-electron chi connectivity index (χ2n) is 4.87. The zero-order valence-corrected chi connectivity index (χ0v) is 14.3. The van der Waals surface area contributed by atoms with Gasteiger partial charge >= 0.3 is 5.69 Å². The van der Waals surface area contributed by atoms with Crippen LogP contribution in [-0.2, 0) is 4.74 Å². The van der Waals surface area contributed by atoms with Crippen molar-refractivity contribution in [2.24, 2.45) is 0 Å². The van der Waals surface area contributed by atoms with Gasteiger partial charge in [-0.2, -0.15) is 4.98 Å². The van der Waals surface area contributed by atoms with Crippen molar-refractivity contribution in [1.29, 1.82) is 0 Å². The first-order chi connectivity index (χ1) is 10.6. The van der Waals surface area contributed by atoms with Crippen molar-refractivity contribution in [2.45, 2.75) is 72.1 Å². The highest BCUT2D eigenvalue weighted by Crippen LogP contribution is 2.26. The molecule has 128 valence electrons. The molecular weight excluding hydrogens is 282 g/mol. The van der Waals surface area contributed by atoms with Gasteiger partial charge in [0.25, 0.3) is 0 Å². The van der Waals surface area contributed by atoms with Crippen LogP contribution in [0.2, 0.25) is 0 Å². The first-order valence-electron chi connectivity index (χ1n) is 8.23. The number of nitrogens with two attached hydrogens (primary N) is 1. The van der Waals surface area contributed by atoms with Crippen molar-refractivity contribution in [3.05, 3.63) is 22.7 Å². The summed E-state index contributed by atoms with van der Waals surface area (Å²) >= 11 is 0. The Morgan fingerprint density at radius 2 is 2.00 bits per heavy atom. The van der Waals surface area contributed by atoms with Crippen molar-refractivity contribution in [3.8, 4) is 0 Å². The first-order valence-corrected chi connectivity index (χ1v) is 8.23. The van der Waals surface area contributed by atoms with Crippen molar-refractivity contribution >= 4 is 5.82 Å². The Labute approximate surface area is 133 Å². The van der Waals surface area contributed by atoms with E-state index in [0.29, 0.717) is 6.42 Å². The van der Waals surface area contributed by atoms with Gasteiger partial charge in [0.1, 0.15) is 12.0 Å². The standard InChI is InChI=1S/C9H13N3O3.C5H12.C2H6/c10-7-3-4-12(9(14)11-7)8-2-1-6(5-13)15-8;1-3-5-4-2;1-2/h3-4,6,8,13H,1-2,5H2,(H2,10,11,14);3-5H2,1-2H3;1-2H3. The Morgan fingerprint density at radius 1 is 1.36 bits per heavy atom. The molecule has 6 nitrogen and oxygen atoms in total. The van der Waals surface area contributed by atoms with Gasteiger partial charge < -0.3 is 15.6 Å². The summed E-state index contributed by atoms with van der Waals surface area (Å²) in [5, 5.41) is 8.90. The fourth-order valence-corrected chi connectivity index (χ4v) is 2.02. The van der Waals surface area contributed by atoms with Gasteiger partial charge in [0, 0.05) is 6.20 Å². The third-order valence-electron chi connectivity index (χ3n) is 3.16. The number of hydrogen-bond acceptors (Lipinski definition) is 5. The second-order valence-corrected chi connectivity index (χ2v) is 4.87. The van der Waals surface area contributed by atoms with Gasteiger partial charge in [-0.25, -0.2) is 4.79 Å². The average molecular weight is 313 g/mol. The number of ether oxygens (including phenoxy) is 1. The fourth-order valence-electron chi connectivity index (χ4n) is 2.02. The van der Waals surface area contributed by atoms with E-state index in [1.165, 1.54) is 23.8 Å². The smallest absolute Gasteiger partial charge is 0.351 e. The number of aliphatic hydroxyl groups excluding tert-OH is 1. The molecule has 0 radical (unpaired) electrons. The number of aromatic nitrogens is 2. The highest BCUT2D eigenvalue weighted by molar-refractivity contribution is 5.23. The first kappa shape index (κ1) is 20.6. The molecular formula is C16H31N3O3. The summed E-state index contributed by atoms with van der Waals surface area (Å²) in [6.45, 7) is 8.40. The summed E-state index contributed by atoms with van der Waals surface area (Å²) in [6, 6.07) is 1.55.